The highest BCUT2D eigenvalue weighted by molar-refractivity contribution is 7.80. The van der Waals surface area contributed by atoms with Crippen molar-refractivity contribution in [1.82, 2.24) is 0 Å². The molecule has 0 saturated heterocycles. The monoisotopic (exact) mass is 205 g/mol. The summed E-state index contributed by atoms with van der Waals surface area (Å²) in [6, 6.07) is 8.37. The maximum atomic E-state index is 5.38. The molecule has 14 heavy (non-hydrogen) atoms. The molecule has 1 aliphatic rings. The number of hydrogen-bond acceptors (Lipinski definition) is 1. The highest BCUT2D eigenvalue weighted by Crippen LogP contribution is 2.43. The summed E-state index contributed by atoms with van der Waals surface area (Å²) in [6.07, 6.45) is 0. The molecule has 0 amide bonds. The van der Waals surface area contributed by atoms with Gasteiger partial charge in [0.15, 0.2) is 0 Å². The molecule has 1 aromatic carbocycles. The van der Waals surface area contributed by atoms with Gasteiger partial charge in [0.25, 0.3) is 0 Å². The Labute approximate surface area is 90.5 Å². The topological polar surface area (TPSA) is 12.0 Å². The normalized spacial score (nSPS) is 20.5. The molecule has 0 radical (unpaired) electrons. The first-order valence-electron chi connectivity index (χ1n) is 4.90. The molecular formula is C12H15NS. The van der Waals surface area contributed by atoms with E-state index >= 15 is 0 Å². The predicted molar refractivity (Wildman–Crippen MR) is 64.9 cm³/mol. The van der Waals surface area contributed by atoms with Crippen molar-refractivity contribution in [2.24, 2.45) is 5.41 Å². The van der Waals surface area contributed by atoms with Gasteiger partial charge in [0.1, 0.15) is 0 Å². The van der Waals surface area contributed by atoms with Gasteiger partial charge in [0.05, 0.1) is 4.99 Å². The molecule has 1 aliphatic heterocycles. The molecular weight excluding hydrogens is 190 g/mol. The number of nitrogens with one attached hydrogen (secondary N) is 1. The highest BCUT2D eigenvalue weighted by atomic mass is 32.1. The van der Waals surface area contributed by atoms with Gasteiger partial charge in [0.2, 0.25) is 0 Å². The van der Waals surface area contributed by atoms with Crippen molar-refractivity contribution in [2.45, 2.75) is 26.7 Å². The van der Waals surface area contributed by atoms with E-state index in [1.165, 1.54) is 11.3 Å². The van der Waals surface area contributed by atoms with Crippen molar-refractivity contribution >= 4 is 22.9 Å². The number of thiocarbonyl (C=S) groups is 1. The van der Waals surface area contributed by atoms with E-state index < -0.39 is 0 Å². The first-order chi connectivity index (χ1) is 6.50. The van der Waals surface area contributed by atoms with E-state index in [9.17, 15) is 0 Å². The zero-order chi connectivity index (χ0) is 10.3. The number of hydrogen-bond donors (Lipinski definition) is 1. The third kappa shape index (κ3) is 1.44. The Morgan fingerprint density at radius 2 is 1.86 bits per heavy atom. The summed E-state index contributed by atoms with van der Waals surface area (Å²) in [4.78, 5) is 0.957. The lowest BCUT2D eigenvalue weighted by atomic mass is 9.78. The second-order valence-corrected chi connectivity index (χ2v) is 5.32. The van der Waals surface area contributed by atoms with Gasteiger partial charge >= 0.3 is 0 Å². The van der Waals surface area contributed by atoms with Gasteiger partial charge in [-0.2, -0.15) is 0 Å². The summed E-state index contributed by atoms with van der Waals surface area (Å²) >= 11 is 5.38. The summed E-state index contributed by atoms with van der Waals surface area (Å²) in [5.74, 6) is 0.355. The number of fused-ring (bicyclic) bond motifs is 1. The molecule has 0 fully saturated rings. The van der Waals surface area contributed by atoms with Crippen molar-refractivity contribution in [3.05, 3.63) is 29.8 Å². The maximum absolute atomic E-state index is 5.38. The third-order valence-corrected chi connectivity index (χ3v) is 3.00. The second kappa shape index (κ2) is 3.06. The lowest BCUT2D eigenvalue weighted by Gasteiger charge is -2.26. The molecule has 1 aromatic rings. The highest BCUT2D eigenvalue weighted by Gasteiger charge is 2.35. The van der Waals surface area contributed by atoms with Crippen LogP contribution in [0, 0.1) is 5.41 Å². The van der Waals surface area contributed by atoms with Crippen LogP contribution in [-0.2, 0) is 0 Å². The van der Waals surface area contributed by atoms with E-state index in [0.29, 0.717) is 5.92 Å². The fourth-order valence-electron chi connectivity index (χ4n) is 2.07. The summed E-state index contributed by atoms with van der Waals surface area (Å²) < 4.78 is 0. The smallest absolute Gasteiger partial charge is 0.0879 e. The summed E-state index contributed by atoms with van der Waals surface area (Å²) in [7, 11) is 0. The Kier molecular flexibility index (Phi) is 2.11. The van der Waals surface area contributed by atoms with Crippen LogP contribution < -0.4 is 5.32 Å². The molecule has 1 unspecified atom stereocenters. The van der Waals surface area contributed by atoms with Crippen molar-refractivity contribution in [2.75, 3.05) is 5.32 Å². The summed E-state index contributed by atoms with van der Waals surface area (Å²) in [6.45, 7) is 6.69. The Balaban J connectivity index is 2.50. The largest absolute Gasteiger partial charge is 0.349 e. The molecule has 0 saturated carbocycles. The van der Waals surface area contributed by atoms with Crippen molar-refractivity contribution in [3.63, 3.8) is 0 Å². The summed E-state index contributed by atoms with van der Waals surface area (Å²) in [5.41, 5.74) is 2.71. The van der Waals surface area contributed by atoms with Crippen LogP contribution in [0.2, 0.25) is 0 Å². The minimum Gasteiger partial charge on any atom is -0.349 e. The van der Waals surface area contributed by atoms with Gasteiger partial charge in [0, 0.05) is 11.6 Å². The number of benzene rings is 1. The van der Waals surface area contributed by atoms with Gasteiger partial charge < -0.3 is 5.32 Å². The molecule has 2 rings (SSSR count). The quantitative estimate of drug-likeness (QED) is 0.650. The summed E-state index contributed by atoms with van der Waals surface area (Å²) in [5, 5.41) is 3.29. The van der Waals surface area contributed by atoms with Gasteiger partial charge in [-0.25, -0.2) is 0 Å². The zero-order valence-electron chi connectivity index (χ0n) is 8.79. The first-order valence-corrected chi connectivity index (χ1v) is 5.31. The van der Waals surface area contributed by atoms with Gasteiger partial charge in [-0.3, -0.25) is 0 Å². The van der Waals surface area contributed by atoms with Gasteiger partial charge in [-0.05, 0) is 17.0 Å². The van der Waals surface area contributed by atoms with Crippen LogP contribution in [0.4, 0.5) is 5.69 Å². The number of rotatable bonds is 0. The van der Waals surface area contributed by atoms with E-state index in [-0.39, 0.29) is 5.41 Å². The Morgan fingerprint density at radius 3 is 2.50 bits per heavy atom. The molecule has 0 aromatic heterocycles. The third-order valence-electron chi connectivity index (χ3n) is 2.66. The van der Waals surface area contributed by atoms with E-state index in [0.717, 1.165) is 4.99 Å². The fourth-order valence-corrected chi connectivity index (χ4v) is 2.66. The fraction of sp³-hybridized carbons (Fsp3) is 0.417. The average molecular weight is 205 g/mol. The van der Waals surface area contributed by atoms with Crippen molar-refractivity contribution < 1.29 is 0 Å². The second-order valence-electron chi connectivity index (χ2n) is 4.88. The first kappa shape index (κ1) is 9.66. The Bertz CT molecular complexity index is 376. The van der Waals surface area contributed by atoms with Crippen LogP contribution in [0.5, 0.6) is 0 Å². The Hall–Kier alpha value is -0.890. The Morgan fingerprint density at radius 1 is 1.21 bits per heavy atom. The van der Waals surface area contributed by atoms with Crippen LogP contribution in [0.1, 0.15) is 32.3 Å². The molecule has 2 heteroatoms. The van der Waals surface area contributed by atoms with E-state index in [1.807, 2.05) is 6.07 Å². The predicted octanol–water partition coefficient (Wildman–Crippen LogP) is 3.57. The van der Waals surface area contributed by atoms with Crippen LogP contribution in [0.25, 0.3) is 0 Å². The zero-order valence-corrected chi connectivity index (χ0v) is 9.61. The standard InChI is InChI=1S/C12H15NS/c1-12(2,3)10-8-6-4-5-7-9(8)13-11(10)14/h4-7,10H,1-3H3,(H,13,14). The minimum absolute atomic E-state index is 0.191. The molecule has 1 nitrogen and oxygen atoms in total. The number of anilines is 1. The average Bonchev–Trinajstić information content (AvgIpc) is 2.38. The van der Waals surface area contributed by atoms with Crippen LogP contribution >= 0.6 is 12.2 Å². The SMILES string of the molecule is CC(C)(C)C1C(=S)Nc2ccccc21. The van der Waals surface area contributed by atoms with E-state index in [4.69, 9.17) is 12.2 Å². The maximum Gasteiger partial charge on any atom is 0.0879 e. The van der Waals surface area contributed by atoms with Gasteiger partial charge in [-0.1, -0.05) is 51.2 Å². The van der Waals surface area contributed by atoms with Crippen molar-refractivity contribution in [1.29, 1.82) is 0 Å². The van der Waals surface area contributed by atoms with Crippen LogP contribution in [-0.4, -0.2) is 4.99 Å². The van der Waals surface area contributed by atoms with Gasteiger partial charge in [-0.15, -0.1) is 0 Å². The molecule has 0 spiro atoms. The minimum atomic E-state index is 0.191. The molecule has 1 atom stereocenters. The van der Waals surface area contributed by atoms with Crippen LogP contribution in [0.15, 0.2) is 24.3 Å². The van der Waals surface area contributed by atoms with Crippen molar-refractivity contribution in [3.8, 4) is 0 Å². The molecule has 1 heterocycles. The molecule has 0 aliphatic carbocycles. The van der Waals surface area contributed by atoms with Crippen LogP contribution in [0.3, 0.4) is 0 Å². The van der Waals surface area contributed by atoms with E-state index in [2.05, 4.69) is 44.3 Å². The number of para-hydroxylation sites is 1. The lowest BCUT2D eigenvalue weighted by molar-refractivity contribution is 0.389. The van der Waals surface area contributed by atoms with E-state index in [1.54, 1.807) is 0 Å². The molecule has 74 valence electrons. The molecule has 1 N–H and O–H groups in total. The molecule has 0 bridgehead atoms. The lowest BCUT2D eigenvalue weighted by Crippen LogP contribution is -2.23.